The number of imidazole rings is 1. The quantitative estimate of drug-likeness (QED) is 0.514. The van der Waals surface area contributed by atoms with Crippen molar-refractivity contribution in [1.29, 1.82) is 0 Å². The Morgan fingerprint density at radius 2 is 1.75 bits per heavy atom. The molecule has 3 heterocycles. The van der Waals surface area contributed by atoms with Crippen molar-refractivity contribution in [2.45, 2.75) is 16.8 Å². The fourth-order valence-electron chi connectivity index (χ4n) is 2.61. The van der Waals surface area contributed by atoms with Crippen LogP contribution in [0.3, 0.4) is 0 Å². The van der Waals surface area contributed by atoms with Crippen molar-refractivity contribution in [3.63, 3.8) is 0 Å². The first-order valence-corrected chi connectivity index (χ1v) is 9.54. The van der Waals surface area contributed by atoms with E-state index >= 15 is 0 Å². The van der Waals surface area contributed by atoms with E-state index < -0.39 is 21.9 Å². The molecule has 0 saturated heterocycles. The zero-order chi connectivity index (χ0) is 19.9. The molecule has 4 aromatic rings. The van der Waals surface area contributed by atoms with Crippen LogP contribution in [-0.2, 0) is 21.8 Å². The molecule has 11 heteroatoms. The molecule has 1 aromatic carbocycles. The second-order valence-electron chi connectivity index (χ2n) is 5.91. The highest BCUT2D eigenvalue weighted by atomic mass is 32.2. The van der Waals surface area contributed by atoms with Crippen molar-refractivity contribution in [2.24, 2.45) is 0 Å². The molecule has 0 radical (unpaired) electrons. The monoisotopic (exact) mass is 408 g/mol. The molecule has 0 saturated carbocycles. The smallest absolute Gasteiger partial charge is 0.329 e. The number of rotatable bonds is 4. The number of aromatic nitrogens is 4. The van der Waals surface area contributed by atoms with Crippen LogP contribution in [-0.4, -0.2) is 27.9 Å². The average Bonchev–Trinajstić information content (AvgIpc) is 3.27. The SMILES string of the molecule is O=S(=O)(Cc1cn2cc(-c3noc(C(F)(F)F)n3)ccc2n1)c1ccccc1. The number of sulfone groups is 1. The molecule has 0 aliphatic rings. The molecule has 0 spiro atoms. The zero-order valence-corrected chi connectivity index (χ0v) is 14.8. The van der Waals surface area contributed by atoms with Gasteiger partial charge >= 0.3 is 12.1 Å². The predicted molar refractivity (Wildman–Crippen MR) is 90.8 cm³/mol. The first-order valence-electron chi connectivity index (χ1n) is 7.89. The first kappa shape index (κ1) is 18.2. The largest absolute Gasteiger partial charge is 0.471 e. The molecule has 0 atom stereocenters. The van der Waals surface area contributed by atoms with Crippen molar-refractivity contribution >= 4 is 15.5 Å². The Kier molecular flexibility index (Phi) is 4.18. The lowest BCUT2D eigenvalue weighted by molar-refractivity contribution is -0.159. The molecule has 0 bridgehead atoms. The molecular formula is C17H11F3N4O3S. The van der Waals surface area contributed by atoms with E-state index in [4.69, 9.17) is 0 Å². The number of hydrogen-bond acceptors (Lipinski definition) is 6. The highest BCUT2D eigenvalue weighted by Crippen LogP contribution is 2.29. The van der Waals surface area contributed by atoms with Gasteiger partial charge in [0.2, 0.25) is 5.82 Å². The first-order chi connectivity index (χ1) is 13.2. The van der Waals surface area contributed by atoms with Gasteiger partial charge in [0.05, 0.1) is 16.3 Å². The molecule has 0 aliphatic carbocycles. The number of halogens is 3. The summed E-state index contributed by atoms with van der Waals surface area (Å²) in [7, 11) is -3.58. The van der Waals surface area contributed by atoms with E-state index in [1.54, 1.807) is 18.2 Å². The third-order valence-electron chi connectivity index (χ3n) is 3.87. The zero-order valence-electron chi connectivity index (χ0n) is 14.0. The Bertz CT molecular complexity index is 1250. The summed E-state index contributed by atoms with van der Waals surface area (Å²) >= 11 is 0. The van der Waals surface area contributed by atoms with Crippen LogP contribution >= 0.6 is 0 Å². The van der Waals surface area contributed by atoms with E-state index in [2.05, 4.69) is 19.6 Å². The number of benzene rings is 1. The minimum Gasteiger partial charge on any atom is -0.329 e. The predicted octanol–water partition coefficient (Wildman–Crippen LogP) is 3.38. The minimum absolute atomic E-state index is 0.180. The summed E-state index contributed by atoms with van der Waals surface area (Å²) in [6.45, 7) is 0. The van der Waals surface area contributed by atoms with Crippen LogP contribution in [0.1, 0.15) is 11.6 Å². The van der Waals surface area contributed by atoms with Crippen molar-refractivity contribution in [2.75, 3.05) is 0 Å². The lowest BCUT2D eigenvalue weighted by Gasteiger charge is -2.01. The van der Waals surface area contributed by atoms with Crippen LogP contribution in [0, 0.1) is 0 Å². The second kappa shape index (κ2) is 6.44. The van der Waals surface area contributed by atoms with Gasteiger partial charge in [0.1, 0.15) is 5.65 Å². The van der Waals surface area contributed by atoms with E-state index in [0.29, 0.717) is 11.3 Å². The molecule has 0 fully saturated rings. The molecule has 0 aliphatic heterocycles. The Morgan fingerprint density at radius 3 is 2.43 bits per heavy atom. The Hall–Kier alpha value is -3.21. The molecule has 144 valence electrons. The third kappa shape index (κ3) is 3.48. The van der Waals surface area contributed by atoms with Gasteiger partial charge in [0.15, 0.2) is 9.84 Å². The van der Waals surface area contributed by atoms with Crippen LogP contribution in [0.5, 0.6) is 0 Å². The van der Waals surface area contributed by atoms with Crippen LogP contribution < -0.4 is 0 Å². The van der Waals surface area contributed by atoms with Gasteiger partial charge in [-0.3, -0.25) is 0 Å². The topological polar surface area (TPSA) is 90.4 Å². The van der Waals surface area contributed by atoms with Gasteiger partial charge in [0.25, 0.3) is 0 Å². The van der Waals surface area contributed by atoms with Crippen LogP contribution in [0.2, 0.25) is 0 Å². The maximum absolute atomic E-state index is 12.6. The highest BCUT2D eigenvalue weighted by Gasteiger charge is 2.38. The van der Waals surface area contributed by atoms with Crippen LogP contribution in [0.15, 0.2) is 64.3 Å². The number of pyridine rings is 1. The van der Waals surface area contributed by atoms with Gasteiger partial charge in [-0.1, -0.05) is 23.4 Å². The van der Waals surface area contributed by atoms with E-state index in [-0.39, 0.29) is 22.0 Å². The molecule has 0 amide bonds. The lowest BCUT2D eigenvalue weighted by atomic mass is 10.3. The number of alkyl halides is 3. The molecule has 28 heavy (non-hydrogen) atoms. The van der Waals surface area contributed by atoms with E-state index in [0.717, 1.165) is 0 Å². The summed E-state index contributed by atoms with van der Waals surface area (Å²) in [5.74, 6) is -1.99. The summed E-state index contributed by atoms with van der Waals surface area (Å²) in [5, 5.41) is 3.33. The third-order valence-corrected chi connectivity index (χ3v) is 5.53. The molecule has 3 aromatic heterocycles. The molecule has 4 rings (SSSR count). The van der Waals surface area contributed by atoms with Crippen molar-refractivity contribution < 1.29 is 26.1 Å². The maximum atomic E-state index is 12.6. The summed E-state index contributed by atoms with van der Waals surface area (Å²) in [6.07, 6.45) is -1.79. The maximum Gasteiger partial charge on any atom is 0.471 e. The number of fused-ring (bicyclic) bond motifs is 1. The van der Waals surface area contributed by atoms with Crippen molar-refractivity contribution in [1.82, 2.24) is 19.5 Å². The standard InChI is InChI=1S/C17H11F3N4O3S/c18-17(19,20)16-22-15(23-27-16)11-6-7-14-21-12(9-24(14)8-11)10-28(25,26)13-4-2-1-3-5-13/h1-9H,10H2. The summed E-state index contributed by atoms with van der Waals surface area (Å²) in [4.78, 5) is 7.75. The van der Waals surface area contributed by atoms with Gasteiger partial charge in [-0.2, -0.15) is 18.2 Å². The minimum atomic E-state index is -4.73. The van der Waals surface area contributed by atoms with Crippen molar-refractivity contribution in [3.8, 4) is 11.4 Å². The van der Waals surface area contributed by atoms with Crippen LogP contribution in [0.4, 0.5) is 13.2 Å². The van der Waals surface area contributed by atoms with Crippen LogP contribution in [0.25, 0.3) is 17.0 Å². The Labute approximate surface area is 156 Å². The molecule has 7 nitrogen and oxygen atoms in total. The average molecular weight is 408 g/mol. The fourth-order valence-corrected chi connectivity index (χ4v) is 3.87. The Balaban J connectivity index is 1.65. The molecule has 0 N–H and O–H groups in total. The highest BCUT2D eigenvalue weighted by molar-refractivity contribution is 7.90. The van der Waals surface area contributed by atoms with Gasteiger partial charge < -0.3 is 8.92 Å². The van der Waals surface area contributed by atoms with E-state index in [1.807, 2.05) is 0 Å². The Morgan fingerprint density at radius 1 is 1.00 bits per heavy atom. The van der Waals surface area contributed by atoms with Crippen molar-refractivity contribution in [3.05, 3.63) is 66.4 Å². The summed E-state index contributed by atoms with van der Waals surface area (Å²) in [5.41, 5.74) is 0.994. The summed E-state index contributed by atoms with van der Waals surface area (Å²) in [6, 6.07) is 11.0. The van der Waals surface area contributed by atoms with Gasteiger partial charge in [-0.15, -0.1) is 0 Å². The summed E-state index contributed by atoms with van der Waals surface area (Å²) < 4.78 is 68.5. The van der Waals surface area contributed by atoms with Gasteiger partial charge in [0, 0.05) is 18.0 Å². The van der Waals surface area contributed by atoms with Gasteiger partial charge in [-0.05, 0) is 24.3 Å². The second-order valence-corrected chi connectivity index (χ2v) is 7.90. The lowest BCUT2D eigenvalue weighted by Crippen LogP contribution is -2.04. The van der Waals surface area contributed by atoms with E-state index in [9.17, 15) is 21.6 Å². The normalized spacial score (nSPS) is 12.5. The molecular weight excluding hydrogens is 397 g/mol. The number of hydrogen-bond donors (Lipinski definition) is 0. The van der Waals surface area contributed by atoms with Gasteiger partial charge in [-0.25, -0.2) is 13.4 Å². The molecule has 0 unspecified atom stereocenters. The van der Waals surface area contributed by atoms with E-state index in [1.165, 1.54) is 41.1 Å². The number of nitrogens with zero attached hydrogens (tertiary/aromatic N) is 4. The fraction of sp³-hybridized carbons (Fsp3) is 0.118.